The number of aryl methyl sites for hydroxylation is 1. The van der Waals surface area contributed by atoms with Gasteiger partial charge < -0.3 is 14.3 Å². The van der Waals surface area contributed by atoms with Gasteiger partial charge in [0.1, 0.15) is 0 Å². The van der Waals surface area contributed by atoms with E-state index in [4.69, 9.17) is 4.52 Å². The number of piperazine rings is 1. The Bertz CT molecular complexity index is 1100. The third-order valence-electron chi connectivity index (χ3n) is 6.05. The molecule has 8 heteroatoms. The second-order valence-corrected chi connectivity index (χ2v) is 8.00. The molecule has 3 heterocycles. The minimum absolute atomic E-state index is 0.0596. The van der Waals surface area contributed by atoms with Crippen LogP contribution in [0.3, 0.4) is 0 Å². The van der Waals surface area contributed by atoms with Gasteiger partial charge in [0, 0.05) is 44.8 Å². The predicted molar refractivity (Wildman–Crippen MR) is 122 cm³/mol. The van der Waals surface area contributed by atoms with Gasteiger partial charge in [0.2, 0.25) is 5.91 Å². The fourth-order valence-electron chi connectivity index (χ4n) is 4.17. The smallest absolute Gasteiger partial charge is 0.259 e. The molecule has 168 valence electrons. The van der Waals surface area contributed by atoms with E-state index in [9.17, 15) is 9.59 Å². The third kappa shape index (κ3) is 4.36. The van der Waals surface area contributed by atoms with Crippen molar-refractivity contribution < 1.29 is 14.1 Å². The molecule has 1 aromatic carbocycles. The van der Waals surface area contributed by atoms with E-state index >= 15 is 0 Å². The summed E-state index contributed by atoms with van der Waals surface area (Å²) in [5, 5.41) is 4.70. The molecule has 4 rings (SSSR count). The summed E-state index contributed by atoms with van der Waals surface area (Å²) in [6.07, 6.45) is 0. The topological polar surface area (TPSA) is 82.8 Å². The van der Waals surface area contributed by atoms with Gasteiger partial charge in [0.15, 0.2) is 0 Å². The maximum Gasteiger partial charge on any atom is 0.259 e. The van der Waals surface area contributed by atoms with E-state index in [1.54, 1.807) is 0 Å². The van der Waals surface area contributed by atoms with E-state index in [0.717, 1.165) is 5.56 Å². The molecule has 32 heavy (non-hydrogen) atoms. The van der Waals surface area contributed by atoms with Crippen molar-refractivity contribution in [1.29, 1.82) is 0 Å². The molecule has 1 fully saturated rings. The van der Waals surface area contributed by atoms with E-state index in [-0.39, 0.29) is 11.8 Å². The van der Waals surface area contributed by atoms with Crippen molar-refractivity contribution in [2.75, 3.05) is 45.8 Å². The van der Waals surface area contributed by atoms with Crippen molar-refractivity contribution in [2.24, 2.45) is 0 Å². The summed E-state index contributed by atoms with van der Waals surface area (Å²) in [6, 6.07) is 11.6. The number of hydrogen-bond donors (Lipinski definition) is 0. The summed E-state index contributed by atoms with van der Waals surface area (Å²) in [7, 11) is 0. The zero-order chi connectivity index (χ0) is 22.7. The molecule has 0 N–H and O–H groups in total. The Hall–Kier alpha value is -3.26. The summed E-state index contributed by atoms with van der Waals surface area (Å²) in [5.74, 6) is 0.0776. The predicted octanol–water partition coefficient (Wildman–Crippen LogP) is 2.82. The molecule has 0 atom stereocenters. The summed E-state index contributed by atoms with van der Waals surface area (Å²) in [6.45, 7) is 10.1. The molecule has 1 saturated heterocycles. The number of hydrogen-bond acceptors (Lipinski definition) is 6. The number of pyridine rings is 1. The molecule has 0 aliphatic carbocycles. The highest BCUT2D eigenvalue weighted by Crippen LogP contribution is 2.28. The minimum Gasteiger partial charge on any atom is -0.342 e. The Morgan fingerprint density at radius 3 is 2.41 bits per heavy atom. The molecule has 2 aromatic heterocycles. The van der Waals surface area contributed by atoms with E-state index in [2.05, 4.69) is 15.0 Å². The van der Waals surface area contributed by atoms with Crippen molar-refractivity contribution in [1.82, 2.24) is 24.8 Å². The fourth-order valence-corrected chi connectivity index (χ4v) is 4.17. The molecular weight excluding hydrogens is 406 g/mol. The van der Waals surface area contributed by atoms with Crippen molar-refractivity contribution in [3.63, 3.8) is 0 Å². The van der Waals surface area contributed by atoms with Crippen molar-refractivity contribution in [3.05, 3.63) is 47.7 Å². The lowest BCUT2D eigenvalue weighted by molar-refractivity contribution is -0.132. The average molecular weight is 436 g/mol. The Balaban J connectivity index is 1.53. The van der Waals surface area contributed by atoms with E-state index in [0.29, 0.717) is 73.9 Å². The Morgan fingerprint density at radius 1 is 1.06 bits per heavy atom. The number of carbonyl (C=O) groups is 2. The minimum atomic E-state index is -0.0596. The van der Waals surface area contributed by atoms with Gasteiger partial charge >= 0.3 is 0 Å². The van der Waals surface area contributed by atoms with E-state index in [1.807, 2.05) is 67.0 Å². The molecule has 1 aliphatic heterocycles. The second kappa shape index (κ2) is 9.48. The highest BCUT2D eigenvalue weighted by Gasteiger charge is 2.27. The zero-order valence-corrected chi connectivity index (χ0v) is 18.9. The molecule has 2 amide bonds. The van der Waals surface area contributed by atoms with Gasteiger partial charge in [-0.05, 0) is 26.8 Å². The first kappa shape index (κ1) is 22.0. The molecule has 3 aromatic rings. The molecule has 1 aliphatic rings. The molecule has 0 bridgehead atoms. The van der Waals surface area contributed by atoms with Crippen molar-refractivity contribution in [2.45, 2.75) is 20.8 Å². The average Bonchev–Trinajstić information content (AvgIpc) is 3.20. The summed E-state index contributed by atoms with van der Waals surface area (Å²) >= 11 is 0. The fraction of sp³-hybridized carbons (Fsp3) is 0.417. The van der Waals surface area contributed by atoms with Crippen LogP contribution in [0.15, 0.2) is 40.9 Å². The van der Waals surface area contributed by atoms with Crippen LogP contribution in [0.2, 0.25) is 0 Å². The number of nitrogens with zero attached hydrogens (tertiary/aromatic N) is 5. The van der Waals surface area contributed by atoms with Crippen LogP contribution in [0.5, 0.6) is 0 Å². The number of carbonyl (C=O) groups excluding carboxylic acids is 2. The summed E-state index contributed by atoms with van der Waals surface area (Å²) in [5.41, 5.74) is 3.17. The van der Waals surface area contributed by atoms with E-state index in [1.165, 1.54) is 0 Å². The van der Waals surface area contributed by atoms with Crippen LogP contribution in [-0.2, 0) is 4.79 Å². The lowest BCUT2D eigenvalue weighted by Gasteiger charge is -2.35. The first-order valence-corrected chi connectivity index (χ1v) is 11.1. The number of amides is 2. The van der Waals surface area contributed by atoms with Gasteiger partial charge in [0.05, 0.1) is 28.9 Å². The van der Waals surface area contributed by atoms with Crippen LogP contribution in [0.25, 0.3) is 22.4 Å². The highest BCUT2D eigenvalue weighted by molar-refractivity contribution is 6.07. The molecular formula is C24H29N5O3. The van der Waals surface area contributed by atoms with Gasteiger partial charge in [-0.2, -0.15) is 0 Å². The number of fused-ring (bicyclic) bond motifs is 1. The van der Waals surface area contributed by atoms with Gasteiger partial charge in [-0.3, -0.25) is 14.5 Å². The van der Waals surface area contributed by atoms with Gasteiger partial charge in [-0.25, -0.2) is 4.98 Å². The van der Waals surface area contributed by atoms with Crippen molar-refractivity contribution >= 4 is 22.9 Å². The second-order valence-electron chi connectivity index (χ2n) is 8.00. The van der Waals surface area contributed by atoms with Gasteiger partial charge in [-0.15, -0.1) is 0 Å². The van der Waals surface area contributed by atoms with Crippen LogP contribution < -0.4 is 0 Å². The van der Waals surface area contributed by atoms with Crippen LogP contribution in [0, 0.1) is 6.92 Å². The van der Waals surface area contributed by atoms with E-state index < -0.39 is 0 Å². The normalized spacial score (nSPS) is 14.7. The summed E-state index contributed by atoms with van der Waals surface area (Å²) < 4.78 is 5.41. The van der Waals surface area contributed by atoms with Crippen LogP contribution >= 0.6 is 0 Å². The number of likely N-dealkylation sites (N-methyl/N-ethyl adjacent to an activating group) is 1. The monoisotopic (exact) mass is 435 g/mol. The van der Waals surface area contributed by atoms with Gasteiger partial charge in [0.25, 0.3) is 11.6 Å². The standard InChI is InChI=1S/C24H29N5O3/c1-4-28(5-2)21(30)16-27-11-13-29(14-12-27)24(31)19-15-20(18-9-7-6-8-10-18)25-23-22(19)17(3)26-32-23/h6-10,15H,4-5,11-14,16H2,1-3H3. The Kier molecular flexibility index (Phi) is 6.50. The molecule has 0 radical (unpaired) electrons. The van der Waals surface area contributed by atoms with Crippen LogP contribution in [0.4, 0.5) is 0 Å². The third-order valence-corrected chi connectivity index (χ3v) is 6.05. The van der Waals surface area contributed by atoms with Gasteiger partial charge in [-0.1, -0.05) is 35.5 Å². The first-order valence-electron chi connectivity index (χ1n) is 11.1. The molecule has 0 saturated carbocycles. The van der Waals surface area contributed by atoms with Crippen molar-refractivity contribution in [3.8, 4) is 11.3 Å². The number of benzene rings is 1. The Morgan fingerprint density at radius 2 is 1.75 bits per heavy atom. The SMILES string of the molecule is CCN(CC)C(=O)CN1CCN(C(=O)c2cc(-c3ccccc3)nc3onc(C)c23)CC1. The lowest BCUT2D eigenvalue weighted by Crippen LogP contribution is -2.51. The molecule has 0 unspecified atom stereocenters. The lowest BCUT2D eigenvalue weighted by atomic mass is 10.0. The maximum atomic E-state index is 13.5. The number of rotatable bonds is 6. The molecule has 8 nitrogen and oxygen atoms in total. The quantitative estimate of drug-likeness (QED) is 0.592. The first-order chi connectivity index (χ1) is 15.5. The molecule has 0 spiro atoms. The number of aromatic nitrogens is 2. The zero-order valence-electron chi connectivity index (χ0n) is 18.9. The Labute approximate surface area is 187 Å². The summed E-state index contributed by atoms with van der Waals surface area (Å²) in [4.78, 5) is 36.3. The highest BCUT2D eigenvalue weighted by atomic mass is 16.5. The van der Waals surface area contributed by atoms with Crippen LogP contribution in [-0.4, -0.2) is 82.5 Å². The maximum absolute atomic E-state index is 13.5. The largest absolute Gasteiger partial charge is 0.342 e. The van der Waals surface area contributed by atoms with Crippen LogP contribution in [0.1, 0.15) is 29.9 Å².